The van der Waals surface area contributed by atoms with Crippen molar-refractivity contribution in [2.45, 2.75) is 13.3 Å². The van der Waals surface area contributed by atoms with Gasteiger partial charge in [-0.15, -0.1) is 0 Å². The van der Waals surface area contributed by atoms with Gasteiger partial charge < -0.3 is 5.73 Å². The van der Waals surface area contributed by atoms with E-state index in [0.29, 0.717) is 0 Å². The van der Waals surface area contributed by atoms with Crippen LogP contribution in [-0.4, -0.2) is 9.38 Å². The van der Waals surface area contributed by atoms with Crippen LogP contribution in [0.1, 0.15) is 12.7 Å². The Labute approximate surface area is 70.8 Å². The largest absolute Gasteiger partial charge is 0.385 e. The lowest BCUT2D eigenvalue weighted by Crippen LogP contribution is -1.99. The fourth-order valence-electron chi connectivity index (χ4n) is 1.39. The standard InChI is InChI=1S/C9H11N3/c1-2-9-11-6-7-4-3-5-8(10)12(7)9/h3-6H,2,10H2,1H3. The lowest BCUT2D eigenvalue weighted by atomic mass is 10.4. The predicted octanol–water partition coefficient (Wildman–Crippen LogP) is 1.48. The summed E-state index contributed by atoms with van der Waals surface area (Å²) in [6.45, 7) is 2.07. The van der Waals surface area contributed by atoms with Crippen LogP contribution >= 0.6 is 0 Å². The van der Waals surface area contributed by atoms with Gasteiger partial charge in [-0.1, -0.05) is 13.0 Å². The second kappa shape index (κ2) is 2.52. The molecule has 3 heteroatoms. The molecule has 0 amide bonds. The summed E-state index contributed by atoms with van der Waals surface area (Å²) in [4.78, 5) is 4.26. The van der Waals surface area contributed by atoms with Crippen LogP contribution in [0.3, 0.4) is 0 Å². The Hall–Kier alpha value is -1.51. The van der Waals surface area contributed by atoms with Crippen molar-refractivity contribution in [2.75, 3.05) is 5.73 Å². The van der Waals surface area contributed by atoms with Crippen LogP contribution in [0, 0.1) is 0 Å². The summed E-state index contributed by atoms with van der Waals surface area (Å²) in [6, 6.07) is 5.82. The molecule has 0 aromatic carbocycles. The molecule has 2 heterocycles. The van der Waals surface area contributed by atoms with Crippen LogP contribution in [0.15, 0.2) is 24.4 Å². The van der Waals surface area contributed by atoms with Gasteiger partial charge in [-0.2, -0.15) is 0 Å². The number of nitrogens with zero attached hydrogens (tertiary/aromatic N) is 2. The highest BCUT2D eigenvalue weighted by Crippen LogP contribution is 2.12. The summed E-state index contributed by atoms with van der Waals surface area (Å²) in [6.07, 6.45) is 2.75. The monoisotopic (exact) mass is 161 g/mol. The summed E-state index contributed by atoms with van der Waals surface area (Å²) in [5.41, 5.74) is 6.86. The smallest absolute Gasteiger partial charge is 0.114 e. The Morgan fingerprint density at radius 1 is 1.50 bits per heavy atom. The summed E-state index contributed by atoms with van der Waals surface area (Å²) in [7, 11) is 0. The number of nitrogen functional groups attached to an aromatic ring is 1. The zero-order valence-corrected chi connectivity index (χ0v) is 6.99. The maximum absolute atomic E-state index is 5.80. The molecule has 2 rings (SSSR count). The van der Waals surface area contributed by atoms with E-state index in [0.717, 1.165) is 23.6 Å². The molecule has 0 bridgehead atoms. The van der Waals surface area contributed by atoms with Crippen LogP contribution in [-0.2, 0) is 6.42 Å². The molecule has 62 valence electrons. The quantitative estimate of drug-likeness (QED) is 0.688. The first-order chi connectivity index (χ1) is 5.83. The number of hydrogen-bond donors (Lipinski definition) is 1. The molecule has 0 unspecified atom stereocenters. The molecule has 0 saturated heterocycles. The summed E-state index contributed by atoms with van der Waals surface area (Å²) < 4.78 is 1.97. The second-order valence-corrected chi connectivity index (χ2v) is 2.74. The number of rotatable bonds is 1. The summed E-state index contributed by atoms with van der Waals surface area (Å²) in [5, 5.41) is 0. The normalized spacial score (nSPS) is 10.8. The Kier molecular flexibility index (Phi) is 1.50. The van der Waals surface area contributed by atoms with E-state index in [1.165, 1.54) is 0 Å². The van der Waals surface area contributed by atoms with E-state index < -0.39 is 0 Å². The van der Waals surface area contributed by atoms with Crippen molar-refractivity contribution in [3.05, 3.63) is 30.2 Å². The molecule has 0 radical (unpaired) electrons. The van der Waals surface area contributed by atoms with Crippen molar-refractivity contribution in [3.8, 4) is 0 Å². The molecular formula is C9H11N3. The maximum atomic E-state index is 5.80. The number of aryl methyl sites for hydroxylation is 1. The second-order valence-electron chi connectivity index (χ2n) is 2.74. The number of fused-ring (bicyclic) bond motifs is 1. The Morgan fingerprint density at radius 3 is 3.08 bits per heavy atom. The summed E-state index contributed by atoms with van der Waals surface area (Å²) in [5.74, 6) is 1.77. The Balaban J connectivity index is 2.83. The minimum Gasteiger partial charge on any atom is -0.385 e. The first-order valence-corrected chi connectivity index (χ1v) is 4.03. The lowest BCUT2D eigenvalue weighted by Gasteiger charge is -2.01. The van der Waals surface area contributed by atoms with Crippen molar-refractivity contribution >= 4 is 11.3 Å². The third-order valence-corrected chi connectivity index (χ3v) is 1.97. The fourth-order valence-corrected chi connectivity index (χ4v) is 1.39. The Bertz CT molecular complexity index is 403. The third kappa shape index (κ3) is 0.863. The van der Waals surface area contributed by atoms with Gasteiger partial charge in [-0.3, -0.25) is 4.40 Å². The van der Waals surface area contributed by atoms with Crippen molar-refractivity contribution in [3.63, 3.8) is 0 Å². The van der Waals surface area contributed by atoms with E-state index in [-0.39, 0.29) is 0 Å². The van der Waals surface area contributed by atoms with E-state index in [4.69, 9.17) is 5.73 Å². The van der Waals surface area contributed by atoms with Gasteiger partial charge in [0.05, 0.1) is 11.7 Å². The van der Waals surface area contributed by atoms with Gasteiger partial charge in [0.25, 0.3) is 0 Å². The molecule has 0 fully saturated rings. The van der Waals surface area contributed by atoms with Crippen LogP contribution in [0.5, 0.6) is 0 Å². The van der Waals surface area contributed by atoms with Crippen molar-refractivity contribution < 1.29 is 0 Å². The van der Waals surface area contributed by atoms with Crippen LogP contribution in [0.25, 0.3) is 5.52 Å². The van der Waals surface area contributed by atoms with E-state index >= 15 is 0 Å². The zero-order chi connectivity index (χ0) is 8.55. The molecule has 0 aliphatic heterocycles. The minimum absolute atomic E-state index is 0.752. The van der Waals surface area contributed by atoms with Gasteiger partial charge in [0.1, 0.15) is 11.6 Å². The molecule has 2 N–H and O–H groups in total. The van der Waals surface area contributed by atoms with Gasteiger partial charge in [0.2, 0.25) is 0 Å². The molecule has 12 heavy (non-hydrogen) atoms. The molecule has 0 atom stereocenters. The highest BCUT2D eigenvalue weighted by Gasteiger charge is 2.01. The van der Waals surface area contributed by atoms with E-state index in [1.807, 2.05) is 28.8 Å². The van der Waals surface area contributed by atoms with Gasteiger partial charge in [0, 0.05) is 6.42 Å². The van der Waals surface area contributed by atoms with Crippen molar-refractivity contribution in [1.29, 1.82) is 0 Å². The third-order valence-electron chi connectivity index (χ3n) is 1.97. The topological polar surface area (TPSA) is 43.3 Å². The molecule has 0 spiro atoms. The number of pyridine rings is 1. The predicted molar refractivity (Wildman–Crippen MR) is 49.0 cm³/mol. The highest BCUT2D eigenvalue weighted by atomic mass is 15.1. The average molecular weight is 161 g/mol. The molecule has 0 saturated carbocycles. The Morgan fingerprint density at radius 2 is 2.33 bits per heavy atom. The molecule has 0 aliphatic carbocycles. The molecule has 2 aromatic rings. The fraction of sp³-hybridized carbons (Fsp3) is 0.222. The number of aromatic nitrogens is 2. The molecule has 0 aliphatic rings. The van der Waals surface area contributed by atoms with Crippen molar-refractivity contribution in [1.82, 2.24) is 9.38 Å². The number of anilines is 1. The summed E-state index contributed by atoms with van der Waals surface area (Å²) >= 11 is 0. The van der Waals surface area contributed by atoms with E-state index in [1.54, 1.807) is 0 Å². The SMILES string of the molecule is CCc1ncc2cccc(N)n12. The number of hydrogen-bond acceptors (Lipinski definition) is 2. The van der Waals surface area contributed by atoms with Gasteiger partial charge in [-0.05, 0) is 12.1 Å². The van der Waals surface area contributed by atoms with Gasteiger partial charge >= 0.3 is 0 Å². The van der Waals surface area contributed by atoms with Crippen molar-refractivity contribution in [2.24, 2.45) is 0 Å². The van der Waals surface area contributed by atoms with Crippen LogP contribution in [0.2, 0.25) is 0 Å². The zero-order valence-electron chi connectivity index (χ0n) is 6.99. The first-order valence-electron chi connectivity index (χ1n) is 4.03. The lowest BCUT2D eigenvalue weighted by molar-refractivity contribution is 0.940. The molecule has 3 nitrogen and oxygen atoms in total. The van der Waals surface area contributed by atoms with Crippen LogP contribution in [0.4, 0.5) is 5.82 Å². The van der Waals surface area contributed by atoms with Gasteiger partial charge in [-0.25, -0.2) is 4.98 Å². The average Bonchev–Trinajstić information content (AvgIpc) is 2.49. The number of nitrogens with two attached hydrogens (primary N) is 1. The number of imidazole rings is 1. The van der Waals surface area contributed by atoms with Gasteiger partial charge in [0.15, 0.2) is 0 Å². The van der Waals surface area contributed by atoms with E-state index in [2.05, 4.69) is 11.9 Å². The van der Waals surface area contributed by atoms with E-state index in [9.17, 15) is 0 Å². The molecule has 2 aromatic heterocycles. The highest BCUT2D eigenvalue weighted by molar-refractivity contribution is 5.52. The first kappa shape index (κ1) is 7.16. The van der Waals surface area contributed by atoms with Crippen LogP contribution < -0.4 is 5.73 Å². The maximum Gasteiger partial charge on any atom is 0.114 e. The molecular weight excluding hydrogens is 150 g/mol. The minimum atomic E-state index is 0.752.